The maximum Gasteiger partial charge on any atom is 0.131 e. The minimum absolute atomic E-state index is 0.520. The highest BCUT2D eigenvalue weighted by molar-refractivity contribution is 9.10. The number of rotatable bonds is 4. The Bertz CT molecular complexity index is 590. The molecule has 0 fully saturated rings. The van der Waals surface area contributed by atoms with Crippen LogP contribution in [0, 0.1) is 13.8 Å². The van der Waals surface area contributed by atoms with E-state index in [1.807, 2.05) is 17.8 Å². The predicted octanol–water partition coefficient (Wildman–Crippen LogP) is 3.94. The first-order valence-corrected chi connectivity index (χ1v) is 7.22. The SMILES string of the molecule is CCc1nn(C)c(COc2ccc(C)c(C)c2)c1Br. The fourth-order valence-electron chi connectivity index (χ4n) is 1.93. The molecule has 0 bridgehead atoms. The molecule has 1 heterocycles. The molecule has 19 heavy (non-hydrogen) atoms. The third-order valence-corrected chi connectivity index (χ3v) is 4.27. The number of hydrogen-bond acceptors (Lipinski definition) is 2. The largest absolute Gasteiger partial charge is 0.487 e. The van der Waals surface area contributed by atoms with Gasteiger partial charge in [-0.2, -0.15) is 5.10 Å². The monoisotopic (exact) mass is 322 g/mol. The Hall–Kier alpha value is -1.29. The van der Waals surface area contributed by atoms with Gasteiger partial charge in [-0.3, -0.25) is 4.68 Å². The lowest BCUT2D eigenvalue weighted by Crippen LogP contribution is -2.03. The summed E-state index contributed by atoms with van der Waals surface area (Å²) in [5.74, 6) is 0.897. The van der Waals surface area contributed by atoms with Gasteiger partial charge < -0.3 is 4.74 Å². The second-order valence-corrected chi connectivity index (χ2v) is 5.51. The van der Waals surface area contributed by atoms with Crippen LogP contribution < -0.4 is 4.74 Å². The van der Waals surface area contributed by atoms with E-state index < -0.39 is 0 Å². The van der Waals surface area contributed by atoms with Gasteiger partial charge in [-0.15, -0.1) is 0 Å². The molecule has 0 atom stereocenters. The van der Waals surface area contributed by atoms with Gasteiger partial charge in [0.2, 0.25) is 0 Å². The molecule has 0 aliphatic rings. The van der Waals surface area contributed by atoms with Crippen molar-refractivity contribution in [2.45, 2.75) is 33.8 Å². The van der Waals surface area contributed by atoms with Crippen LogP contribution in [0.2, 0.25) is 0 Å². The lowest BCUT2D eigenvalue weighted by molar-refractivity contribution is 0.294. The molecule has 0 N–H and O–H groups in total. The lowest BCUT2D eigenvalue weighted by Gasteiger charge is -2.09. The Balaban J connectivity index is 2.14. The summed E-state index contributed by atoms with van der Waals surface area (Å²) in [6, 6.07) is 6.16. The molecule has 0 unspecified atom stereocenters. The van der Waals surface area contributed by atoms with Crippen molar-refractivity contribution >= 4 is 15.9 Å². The minimum Gasteiger partial charge on any atom is -0.487 e. The van der Waals surface area contributed by atoms with E-state index >= 15 is 0 Å². The summed E-state index contributed by atoms with van der Waals surface area (Å²) in [5.41, 5.74) is 4.66. The van der Waals surface area contributed by atoms with Gasteiger partial charge in [-0.1, -0.05) is 13.0 Å². The van der Waals surface area contributed by atoms with Crippen LogP contribution in [0.4, 0.5) is 0 Å². The molecule has 2 aromatic rings. The summed E-state index contributed by atoms with van der Waals surface area (Å²) in [6.45, 7) is 6.81. The Kier molecular flexibility index (Phi) is 4.30. The summed E-state index contributed by atoms with van der Waals surface area (Å²) >= 11 is 3.60. The second-order valence-electron chi connectivity index (χ2n) is 4.72. The highest BCUT2D eigenvalue weighted by Crippen LogP contribution is 2.24. The van der Waals surface area contributed by atoms with Gasteiger partial charge in [0.15, 0.2) is 0 Å². The fourth-order valence-corrected chi connectivity index (χ4v) is 2.66. The highest BCUT2D eigenvalue weighted by Gasteiger charge is 2.12. The van der Waals surface area contributed by atoms with Gasteiger partial charge in [0.25, 0.3) is 0 Å². The molecule has 1 aromatic heterocycles. The van der Waals surface area contributed by atoms with Crippen LogP contribution in [-0.4, -0.2) is 9.78 Å². The number of hydrogen-bond donors (Lipinski definition) is 0. The summed E-state index contributed by atoms with van der Waals surface area (Å²) in [4.78, 5) is 0. The van der Waals surface area contributed by atoms with E-state index in [9.17, 15) is 0 Å². The molecule has 1 aromatic carbocycles. The van der Waals surface area contributed by atoms with Crippen molar-refractivity contribution in [2.24, 2.45) is 7.05 Å². The Morgan fingerprint density at radius 3 is 2.58 bits per heavy atom. The molecule has 0 spiro atoms. The standard InChI is InChI=1S/C15H19BrN2O/c1-5-13-15(16)14(18(4)17-13)9-19-12-7-6-10(2)11(3)8-12/h6-8H,5,9H2,1-4H3. The zero-order valence-corrected chi connectivity index (χ0v) is 13.4. The van der Waals surface area contributed by atoms with E-state index in [0.717, 1.165) is 28.0 Å². The summed E-state index contributed by atoms with van der Waals surface area (Å²) in [7, 11) is 1.95. The first-order valence-electron chi connectivity index (χ1n) is 6.43. The van der Waals surface area contributed by atoms with Crippen LogP contribution in [-0.2, 0) is 20.1 Å². The third kappa shape index (κ3) is 3.00. The molecular weight excluding hydrogens is 304 g/mol. The van der Waals surface area contributed by atoms with E-state index in [2.05, 4.69) is 53.9 Å². The zero-order chi connectivity index (χ0) is 14.0. The number of nitrogens with zero attached hydrogens (tertiary/aromatic N) is 2. The maximum atomic E-state index is 5.86. The molecule has 0 aliphatic heterocycles. The van der Waals surface area contributed by atoms with Gasteiger partial charge in [0, 0.05) is 7.05 Å². The average molecular weight is 323 g/mol. The topological polar surface area (TPSA) is 27.1 Å². The molecular formula is C15H19BrN2O. The van der Waals surface area contributed by atoms with Gasteiger partial charge in [0.1, 0.15) is 12.4 Å². The number of benzene rings is 1. The van der Waals surface area contributed by atoms with Crippen LogP contribution in [0.15, 0.2) is 22.7 Å². The Labute approximate surface area is 122 Å². The molecule has 0 saturated carbocycles. The van der Waals surface area contributed by atoms with Crippen LogP contribution >= 0.6 is 15.9 Å². The normalized spacial score (nSPS) is 10.8. The first kappa shape index (κ1) is 14.1. The van der Waals surface area contributed by atoms with Crippen molar-refractivity contribution in [1.29, 1.82) is 0 Å². The first-order chi connectivity index (χ1) is 9.02. The average Bonchev–Trinajstić information content (AvgIpc) is 2.66. The molecule has 0 saturated heterocycles. The van der Waals surface area contributed by atoms with Gasteiger partial charge in [0.05, 0.1) is 15.9 Å². The molecule has 102 valence electrons. The maximum absolute atomic E-state index is 5.86. The van der Waals surface area contributed by atoms with Gasteiger partial charge in [-0.25, -0.2) is 0 Å². The molecule has 3 nitrogen and oxygen atoms in total. The van der Waals surface area contributed by atoms with E-state index in [1.165, 1.54) is 11.1 Å². The fraction of sp³-hybridized carbons (Fsp3) is 0.400. The Morgan fingerprint density at radius 1 is 1.26 bits per heavy atom. The predicted molar refractivity (Wildman–Crippen MR) is 80.5 cm³/mol. The van der Waals surface area contributed by atoms with Gasteiger partial charge >= 0.3 is 0 Å². The smallest absolute Gasteiger partial charge is 0.131 e. The van der Waals surface area contributed by atoms with Crippen molar-refractivity contribution in [1.82, 2.24) is 9.78 Å². The minimum atomic E-state index is 0.520. The number of ether oxygens (including phenoxy) is 1. The number of halogens is 1. The molecule has 2 rings (SSSR count). The number of aryl methyl sites for hydroxylation is 4. The van der Waals surface area contributed by atoms with Crippen molar-refractivity contribution in [3.63, 3.8) is 0 Å². The van der Waals surface area contributed by atoms with Gasteiger partial charge in [-0.05, 0) is 59.5 Å². The van der Waals surface area contributed by atoms with Crippen LogP contribution in [0.3, 0.4) is 0 Å². The summed E-state index contributed by atoms with van der Waals surface area (Å²) in [5, 5.41) is 4.46. The second kappa shape index (κ2) is 5.78. The van der Waals surface area contributed by atoms with E-state index in [4.69, 9.17) is 4.74 Å². The molecule has 4 heteroatoms. The number of aromatic nitrogens is 2. The van der Waals surface area contributed by atoms with E-state index in [1.54, 1.807) is 0 Å². The zero-order valence-electron chi connectivity index (χ0n) is 11.8. The lowest BCUT2D eigenvalue weighted by atomic mass is 10.1. The third-order valence-electron chi connectivity index (χ3n) is 3.36. The molecule has 0 radical (unpaired) electrons. The van der Waals surface area contributed by atoms with Crippen molar-refractivity contribution in [3.8, 4) is 5.75 Å². The van der Waals surface area contributed by atoms with E-state index in [-0.39, 0.29) is 0 Å². The Morgan fingerprint density at radius 2 is 2.00 bits per heavy atom. The van der Waals surface area contributed by atoms with Crippen molar-refractivity contribution in [2.75, 3.05) is 0 Å². The van der Waals surface area contributed by atoms with Crippen LogP contribution in [0.25, 0.3) is 0 Å². The molecule has 0 amide bonds. The van der Waals surface area contributed by atoms with E-state index in [0.29, 0.717) is 6.61 Å². The van der Waals surface area contributed by atoms with Crippen LogP contribution in [0.5, 0.6) is 5.75 Å². The summed E-state index contributed by atoms with van der Waals surface area (Å²) < 4.78 is 8.79. The van der Waals surface area contributed by atoms with Crippen LogP contribution in [0.1, 0.15) is 29.4 Å². The summed E-state index contributed by atoms with van der Waals surface area (Å²) in [6.07, 6.45) is 0.915. The molecule has 0 aliphatic carbocycles. The van der Waals surface area contributed by atoms with Crippen molar-refractivity contribution < 1.29 is 4.74 Å². The van der Waals surface area contributed by atoms with Crippen molar-refractivity contribution in [3.05, 3.63) is 45.2 Å². The highest BCUT2D eigenvalue weighted by atomic mass is 79.9. The quantitative estimate of drug-likeness (QED) is 0.852.